The summed E-state index contributed by atoms with van der Waals surface area (Å²) in [6.45, 7) is 9.10. The van der Waals surface area contributed by atoms with E-state index in [9.17, 15) is 4.79 Å². The van der Waals surface area contributed by atoms with Crippen LogP contribution in [0.1, 0.15) is 42.5 Å². The maximum Gasteiger partial charge on any atom is 0.262 e. The lowest BCUT2D eigenvalue weighted by Gasteiger charge is -2.14. The van der Waals surface area contributed by atoms with Crippen molar-refractivity contribution in [1.29, 1.82) is 0 Å². The maximum atomic E-state index is 12.5. The minimum atomic E-state index is -0.142. The van der Waals surface area contributed by atoms with Crippen molar-refractivity contribution in [2.75, 3.05) is 13.2 Å². The van der Waals surface area contributed by atoms with Crippen LogP contribution in [-0.4, -0.2) is 33.0 Å². The number of aromatic amines is 1. The number of hydrogen-bond donors (Lipinski definition) is 1. The van der Waals surface area contributed by atoms with Crippen LogP contribution in [-0.2, 0) is 11.2 Å². The fourth-order valence-corrected chi connectivity index (χ4v) is 2.95. The first kappa shape index (κ1) is 17.4. The SMILES string of the molecule is CCOCCc1nc2c(c(C)nn2C(C)c2ccc(C)cc2)c(=O)[nH]1. The highest BCUT2D eigenvalue weighted by Gasteiger charge is 2.18. The van der Waals surface area contributed by atoms with Gasteiger partial charge in [-0.05, 0) is 33.3 Å². The van der Waals surface area contributed by atoms with Crippen LogP contribution in [0, 0.1) is 13.8 Å². The number of rotatable bonds is 6. The second-order valence-electron chi connectivity index (χ2n) is 6.27. The number of benzene rings is 1. The van der Waals surface area contributed by atoms with Gasteiger partial charge in [-0.2, -0.15) is 5.10 Å². The molecule has 0 fully saturated rings. The van der Waals surface area contributed by atoms with Gasteiger partial charge < -0.3 is 9.72 Å². The molecule has 0 aliphatic rings. The van der Waals surface area contributed by atoms with Crippen molar-refractivity contribution in [2.45, 2.75) is 40.2 Å². The van der Waals surface area contributed by atoms with Crippen LogP contribution < -0.4 is 5.56 Å². The summed E-state index contributed by atoms with van der Waals surface area (Å²) in [6, 6.07) is 8.33. The van der Waals surface area contributed by atoms with Crippen molar-refractivity contribution < 1.29 is 4.74 Å². The Kier molecular flexibility index (Phi) is 4.99. The van der Waals surface area contributed by atoms with Crippen LogP contribution >= 0.6 is 0 Å². The van der Waals surface area contributed by atoms with Gasteiger partial charge in [-0.15, -0.1) is 0 Å². The number of aromatic nitrogens is 4. The number of aryl methyl sites for hydroxylation is 2. The molecule has 6 heteroatoms. The Morgan fingerprint density at radius 3 is 2.64 bits per heavy atom. The normalized spacial score (nSPS) is 12.6. The molecule has 0 aliphatic carbocycles. The molecule has 0 saturated heterocycles. The Bertz CT molecular complexity index is 925. The Morgan fingerprint density at radius 1 is 1.24 bits per heavy atom. The molecule has 3 rings (SSSR count). The zero-order valence-corrected chi connectivity index (χ0v) is 15.2. The third kappa shape index (κ3) is 3.49. The molecule has 1 atom stereocenters. The Balaban J connectivity index is 2.05. The van der Waals surface area contributed by atoms with E-state index < -0.39 is 0 Å². The summed E-state index contributed by atoms with van der Waals surface area (Å²) in [6.07, 6.45) is 0.572. The average molecular weight is 340 g/mol. The van der Waals surface area contributed by atoms with Crippen LogP contribution in [0.5, 0.6) is 0 Å². The van der Waals surface area contributed by atoms with Crippen molar-refractivity contribution in [3.05, 3.63) is 57.3 Å². The summed E-state index contributed by atoms with van der Waals surface area (Å²) in [5.41, 5.74) is 3.52. The molecule has 2 aromatic heterocycles. The fourth-order valence-electron chi connectivity index (χ4n) is 2.95. The Hall–Kier alpha value is -2.47. The first-order valence-electron chi connectivity index (χ1n) is 8.63. The number of fused-ring (bicyclic) bond motifs is 1. The van der Waals surface area contributed by atoms with Gasteiger partial charge in [0, 0.05) is 13.0 Å². The van der Waals surface area contributed by atoms with Gasteiger partial charge >= 0.3 is 0 Å². The van der Waals surface area contributed by atoms with Crippen molar-refractivity contribution in [3.8, 4) is 0 Å². The van der Waals surface area contributed by atoms with Gasteiger partial charge in [0.25, 0.3) is 5.56 Å². The number of hydrogen-bond acceptors (Lipinski definition) is 4. The lowest BCUT2D eigenvalue weighted by Crippen LogP contribution is -2.16. The molecule has 2 heterocycles. The van der Waals surface area contributed by atoms with E-state index in [0.29, 0.717) is 42.2 Å². The number of ether oxygens (including phenoxy) is 1. The monoisotopic (exact) mass is 340 g/mol. The molecule has 0 aliphatic heterocycles. The molecule has 132 valence electrons. The Labute approximate surface area is 146 Å². The highest BCUT2D eigenvalue weighted by atomic mass is 16.5. The molecule has 0 spiro atoms. The van der Waals surface area contributed by atoms with Crippen LogP contribution in [0.2, 0.25) is 0 Å². The molecule has 0 radical (unpaired) electrons. The molecule has 1 unspecified atom stereocenters. The molecular weight excluding hydrogens is 316 g/mol. The number of H-pyrrole nitrogens is 1. The van der Waals surface area contributed by atoms with Crippen molar-refractivity contribution in [2.24, 2.45) is 0 Å². The first-order chi connectivity index (χ1) is 12.0. The smallest absolute Gasteiger partial charge is 0.262 e. The van der Waals surface area contributed by atoms with Crippen LogP contribution in [0.15, 0.2) is 29.1 Å². The van der Waals surface area contributed by atoms with Crippen LogP contribution in [0.3, 0.4) is 0 Å². The summed E-state index contributed by atoms with van der Waals surface area (Å²) >= 11 is 0. The molecule has 1 aromatic carbocycles. The quantitative estimate of drug-likeness (QED) is 0.700. The second-order valence-corrected chi connectivity index (χ2v) is 6.27. The minimum absolute atomic E-state index is 0.00848. The third-order valence-electron chi connectivity index (χ3n) is 4.40. The van der Waals surface area contributed by atoms with Gasteiger partial charge in [-0.3, -0.25) is 4.79 Å². The summed E-state index contributed by atoms with van der Waals surface area (Å²) in [7, 11) is 0. The number of nitrogens with one attached hydrogen (secondary N) is 1. The molecule has 25 heavy (non-hydrogen) atoms. The van der Waals surface area contributed by atoms with Gasteiger partial charge in [0.1, 0.15) is 11.2 Å². The summed E-state index contributed by atoms with van der Waals surface area (Å²) < 4.78 is 7.21. The summed E-state index contributed by atoms with van der Waals surface area (Å²) in [5.74, 6) is 0.628. The molecular formula is C19H24N4O2. The van der Waals surface area contributed by atoms with Gasteiger partial charge in [-0.25, -0.2) is 9.67 Å². The minimum Gasteiger partial charge on any atom is -0.381 e. The lowest BCUT2D eigenvalue weighted by atomic mass is 10.1. The zero-order chi connectivity index (χ0) is 18.0. The predicted molar refractivity (Wildman–Crippen MR) is 98.1 cm³/mol. The lowest BCUT2D eigenvalue weighted by molar-refractivity contribution is 0.149. The predicted octanol–water partition coefficient (Wildman–Crippen LogP) is 2.92. The van der Waals surface area contributed by atoms with E-state index in [2.05, 4.69) is 53.2 Å². The zero-order valence-electron chi connectivity index (χ0n) is 15.2. The van der Waals surface area contributed by atoms with E-state index >= 15 is 0 Å². The summed E-state index contributed by atoms with van der Waals surface area (Å²) in [4.78, 5) is 20.0. The third-order valence-corrected chi connectivity index (χ3v) is 4.40. The molecule has 0 amide bonds. The highest BCUT2D eigenvalue weighted by molar-refractivity contribution is 5.77. The van der Waals surface area contributed by atoms with E-state index in [0.717, 1.165) is 5.56 Å². The highest BCUT2D eigenvalue weighted by Crippen LogP contribution is 2.23. The van der Waals surface area contributed by atoms with Crippen molar-refractivity contribution in [3.63, 3.8) is 0 Å². The van der Waals surface area contributed by atoms with E-state index in [4.69, 9.17) is 4.74 Å². The van der Waals surface area contributed by atoms with Crippen LogP contribution in [0.4, 0.5) is 0 Å². The topological polar surface area (TPSA) is 72.8 Å². The maximum absolute atomic E-state index is 12.5. The van der Waals surface area contributed by atoms with Gasteiger partial charge in [-0.1, -0.05) is 29.8 Å². The standard InChI is InChI=1S/C19H24N4O2/c1-5-25-11-10-16-20-18-17(19(24)21-16)13(3)22-23(18)14(4)15-8-6-12(2)7-9-15/h6-9,14H,5,10-11H2,1-4H3,(H,20,21,24). The summed E-state index contributed by atoms with van der Waals surface area (Å²) in [5, 5.41) is 5.14. The molecule has 6 nitrogen and oxygen atoms in total. The number of nitrogens with zero attached hydrogens (tertiary/aromatic N) is 3. The molecule has 1 N–H and O–H groups in total. The van der Waals surface area contributed by atoms with Crippen molar-refractivity contribution >= 4 is 11.0 Å². The molecule has 3 aromatic rings. The van der Waals surface area contributed by atoms with E-state index in [1.807, 2.05) is 18.5 Å². The molecule has 0 saturated carbocycles. The van der Waals surface area contributed by atoms with E-state index in [1.165, 1.54) is 5.56 Å². The Morgan fingerprint density at radius 2 is 1.96 bits per heavy atom. The van der Waals surface area contributed by atoms with E-state index in [1.54, 1.807) is 0 Å². The fraction of sp³-hybridized carbons (Fsp3) is 0.421. The largest absolute Gasteiger partial charge is 0.381 e. The second kappa shape index (κ2) is 7.19. The molecule has 0 bridgehead atoms. The van der Waals surface area contributed by atoms with Crippen LogP contribution in [0.25, 0.3) is 11.0 Å². The first-order valence-corrected chi connectivity index (χ1v) is 8.63. The van der Waals surface area contributed by atoms with Gasteiger partial charge in [0.15, 0.2) is 5.65 Å². The van der Waals surface area contributed by atoms with Gasteiger partial charge in [0.05, 0.1) is 18.3 Å². The van der Waals surface area contributed by atoms with Crippen molar-refractivity contribution in [1.82, 2.24) is 19.7 Å². The van der Waals surface area contributed by atoms with Gasteiger partial charge in [0.2, 0.25) is 0 Å². The average Bonchev–Trinajstić information content (AvgIpc) is 2.92. The van der Waals surface area contributed by atoms with E-state index in [-0.39, 0.29) is 11.6 Å².